The Labute approximate surface area is 117 Å². The molecule has 0 amide bonds. The number of halogens is 2. The number of nitrogens with one attached hydrogen (secondary N) is 1. The third kappa shape index (κ3) is 4.03. The molecule has 20 heavy (non-hydrogen) atoms. The van der Waals surface area contributed by atoms with Crippen LogP contribution in [-0.4, -0.2) is 6.04 Å². The van der Waals surface area contributed by atoms with Crippen molar-refractivity contribution in [2.75, 3.05) is 0 Å². The van der Waals surface area contributed by atoms with E-state index in [1.54, 1.807) is 12.1 Å². The van der Waals surface area contributed by atoms with Crippen molar-refractivity contribution < 1.29 is 13.5 Å². The third-order valence-electron chi connectivity index (χ3n) is 2.76. The Hall–Kier alpha value is -1.94. The Morgan fingerprint density at radius 2 is 1.60 bits per heavy atom. The van der Waals surface area contributed by atoms with Crippen molar-refractivity contribution in [3.63, 3.8) is 0 Å². The zero-order valence-corrected chi connectivity index (χ0v) is 11.5. The zero-order valence-electron chi connectivity index (χ0n) is 11.5. The summed E-state index contributed by atoms with van der Waals surface area (Å²) in [4.78, 5) is 0. The van der Waals surface area contributed by atoms with Gasteiger partial charge in [-0.15, -0.1) is 0 Å². The summed E-state index contributed by atoms with van der Waals surface area (Å²) in [5, 5.41) is 3.31. The van der Waals surface area contributed by atoms with E-state index in [-0.39, 0.29) is 5.75 Å². The highest BCUT2D eigenvalue weighted by atomic mass is 19.2. The first-order valence-corrected chi connectivity index (χ1v) is 6.50. The SMILES string of the molecule is CC(C)NCc1ccc(Oc2ccc(F)c(F)c2)cc1. The fourth-order valence-corrected chi connectivity index (χ4v) is 1.67. The van der Waals surface area contributed by atoms with Gasteiger partial charge in [0.15, 0.2) is 11.6 Å². The van der Waals surface area contributed by atoms with Gasteiger partial charge in [-0.1, -0.05) is 26.0 Å². The van der Waals surface area contributed by atoms with E-state index in [9.17, 15) is 8.78 Å². The first-order valence-electron chi connectivity index (χ1n) is 6.50. The first-order chi connectivity index (χ1) is 9.54. The second-order valence-electron chi connectivity index (χ2n) is 4.86. The van der Waals surface area contributed by atoms with E-state index in [0.29, 0.717) is 11.8 Å². The maximum atomic E-state index is 13.1. The fourth-order valence-electron chi connectivity index (χ4n) is 1.67. The lowest BCUT2D eigenvalue weighted by Crippen LogP contribution is -2.21. The highest BCUT2D eigenvalue weighted by Crippen LogP contribution is 2.23. The average Bonchev–Trinajstić information content (AvgIpc) is 2.42. The molecule has 0 aliphatic carbocycles. The van der Waals surface area contributed by atoms with Crippen molar-refractivity contribution in [3.8, 4) is 11.5 Å². The summed E-state index contributed by atoms with van der Waals surface area (Å²) in [5.41, 5.74) is 1.14. The van der Waals surface area contributed by atoms with Gasteiger partial charge in [0.2, 0.25) is 0 Å². The second-order valence-corrected chi connectivity index (χ2v) is 4.86. The molecule has 2 rings (SSSR count). The summed E-state index contributed by atoms with van der Waals surface area (Å²) in [6, 6.07) is 11.4. The normalized spacial score (nSPS) is 10.8. The van der Waals surface area contributed by atoms with E-state index >= 15 is 0 Å². The van der Waals surface area contributed by atoms with E-state index in [4.69, 9.17) is 4.74 Å². The standard InChI is InChI=1S/C16H17F2NO/c1-11(2)19-10-12-3-5-13(6-4-12)20-14-7-8-15(17)16(18)9-14/h3-9,11,19H,10H2,1-2H3. The van der Waals surface area contributed by atoms with Gasteiger partial charge in [0, 0.05) is 18.7 Å². The summed E-state index contributed by atoms with van der Waals surface area (Å²) in [6.45, 7) is 4.95. The van der Waals surface area contributed by atoms with Crippen molar-refractivity contribution in [1.29, 1.82) is 0 Å². The van der Waals surface area contributed by atoms with Gasteiger partial charge in [-0.3, -0.25) is 0 Å². The van der Waals surface area contributed by atoms with Crippen LogP contribution in [0.1, 0.15) is 19.4 Å². The molecule has 0 fully saturated rings. The molecule has 0 aromatic heterocycles. The van der Waals surface area contributed by atoms with Gasteiger partial charge in [0.1, 0.15) is 11.5 Å². The lowest BCUT2D eigenvalue weighted by atomic mass is 10.2. The van der Waals surface area contributed by atoms with Gasteiger partial charge in [0.25, 0.3) is 0 Å². The summed E-state index contributed by atoms with van der Waals surface area (Å²) in [6.07, 6.45) is 0. The summed E-state index contributed by atoms with van der Waals surface area (Å²) in [5.74, 6) is -0.936. The molecular formula is C16H17F2NO. The molecule has 2 nitrogen and oxygen atoms in total. The van der Waals surface area contributed by atoms with E-state index in [2.05, 4.69) is 19.2 Å². The number of hydrogen-bond donors (Lipinski definition) is 1. The Bertz CT molecular complexity index is 567. The van der Waals surface area contributed by atoms with Crippen LogP contribution in [0.2, 0.25) is 0 Å². The Morgan fingerprint density at radius 3 is 2.20 bits per heavy atom. The molecule has 0 saturated heterocycles. The van der Waals surface area contributed by atoms with Gasteiger partial charge in [0.05, 0.1) is 0 Å². The number of ether oxygens (including phenoxy) is 1. The predicted molar refractivity (Wildman–Crippen MR) is 74.8 cm³/mol. The van der Waals surface area contributed by atoms with Gasteiger partial charge in [-0.25, -0.2) is 8.78 Å². The Balaban J connectivity index is 2.01. The minimum Gasteiger partial charge on any atom is -0.457 e. The van der Waals surface area contributed by atoms with Crippen molar-refractivity contribution in [2.45, 2.75) is 26.4 Å². The molecule has 2 aromatic carbocycles. The van der Waals surface area contributed by atoms with Crippen LogP contribution < -0.4 is 10.1 Å². The van der Waals surface area contributed by atoms with E-state index in [1.807, 2.05) is 12.1 Å². The molecule has 0 bridgehead atoms. The lowest BCUT2D eigenvalue weighted by Gasteiger charge is -2.09. The molecule has 2 aromatic rings. The topological polar surface area (TPSA) is 21.3 Å². The van der Waals surface area contributed by atoms with Gasteiger partial charge >= 0.3 is 0 Å². The number of benzene rings is 2. The molecular weight excluding hydrogens is 260 g/mol. The maximum Gasteiger partial charge on any atom is 0.162 e. The molecule has 0 radical (unpaired) electrons. The molecule has 0 aliphatic rings. The van der Waals surface area contributed by atoms with Crippen LogP contribution in [0.5, 0.6) is 11.5 Å². The summed E-state index contributed by atoms with van der Waals surface area (Å²) in [7, 11) is 0. The molecule has 0 spiro atoms. The Morgan fingerprint density at radius 1 is 0.950 bits per heavy atom. The van der Waals surface area contributed by atoms with Crippen LogP contribution >= 0.6 is 0 Å². The second kappa shape index (κ2) is 6.48. The summed E-state index contributed by atoms with van der Waals surface area (Å²) >= 11 is 0. The molecule has 1 N–H and O–H groups in total. The smallest absolute Gasteiger partial charge is 0.162 e. The molecule has 0 heterocycles. The zero-order chi connectivity index (χ0) is 14.5. The minimum absolute atomic E-state index is 0.275. The van der Waals surface area contributed by atoms with E-state index in [0.717, 1.165) is 24.2 Å². The van der Waals surface area contributed by atoms with E-state index in [1.165, 1.54) is 6.07 Å². The van der Waals surface area contributed by atoms with Crippen LogP contribution in [0, 0.1) is 11.6 Å². The number of hydrogen-bond acceptors (Lipinski definition) is 2. The first kappa shape index (κ1) is 14.5. The quantitative estimate of drug-likeness (QED) is 0.882. The molecule has 0 atom stereocenters. The minimum atomic E-state index is -0.916. The van der Waals surface area contributed by atoms with Crippen molar-refractivity contribution in [1.82, 2.24) is 5.32 Å². The molecule has 0 aliphatic heterocycles. The number of rotatable bonds is 5. The average molecular weight is 277 g/mol. The molecule has 0 saturated carbocycles. The van der Waals surface area contributed by atoms with Gasteiger partial charge in [-0.2, -0.15) is 0 Å². The van der Waals surface area contributed by atoms with Crippen molar-refractivity contribution in [2.24, 2.45) is 0 Å². The molecule has 106 valence electrons. The monoisotopic (exact) mass is 277 g/mol. The predicted octanol–water partition coefficient (Wildman–Crippen LogP) is 4.26. The highest BCUT2D eigenvalue weighted by Gasteiger charge is 2.04. The van der Waals surface area contributed by atoms with E-state index < -0.39 is 11.6 Å². The Kier molecular flexibility index (Phi) is 4.69. The maximum absolute atomic E-state index is 13.1. The lowest BCUT2D eigenvalue weighted by molar-refractivity contribution is 0.461. The van der Waals surface area contributed by atoms with Crippen LogP contribution in [0.4, 0.5) is 8.78 Å². The van der Waals surface area contributed by atoms with Crippen molar-refractivity contribution >= 4 is 0 Å². The van der Waals surface area contributed by atoms with Crippen LogP contribution in [0.25, 0.3) is 0 Å². The third-order valence-corrected chi connectivity index (χ3v) is 2.76. The van der Waals surface area contributed by atoms with Crippen LogP contribution in [-0.2, 0) is 6.54 Å². The van der Waals surface area contributed by atoms with Gasteiger partial charge in [-0.05, 0) is 29.8 Å². The molecule has 0 unspecified atom stereocenters. The molecule has 4 heteroatoms. The fraction of sp³-hybridized carbons (Fsp3) is 0.250. The largest absolute Gasteiger partial charge is 0.457 e. The van der Waals surface area contributed by atoms with Gasteiger partial charge < -0.3 is 10.1 Å². The highest BCUT2D eigenvalue weighted by molar-refractivity contribution is 5.33. The van der Waals surface area contributed by atoms with Crippen LogP contribution in [0.15, 0.2) is 42.5 Å². The van der Waals surface area contributed by atoms with Crippen LogP contribution in [0.3, 0.4) is 0 Å². The van der Waals surface area contributed by atoms with Crippen molar-refractivity contribution in [3.05, 3.63) is 59.7 Å². The summed E-state index contributed by atoms with van der Waals surface area (Å²) < 4.78 is 31.3.